The molecule has 0 radical (unpaired) electrons. The van der Waals surface area contributed by atoms with E-state index in [4.69, 9.17) is 17.5 Å². The van der Waals surface area contributed by atoms with E-state index < -0.39 is 0 Å². The number of hydrogen-bond acceptors (Lipinski definition) is 6. The summed E-state index contributed by atoms with van der Waals surface area (Å²) in [6.07, 6.45) is 0. The van der Waals surface area contributed by atoms with E-state index in [2.05, 4.69) is 30.3 Å². The van der Waals surface area contributed by atoms with Gasteiger partial charge in [0.25, 0.3) is 0 Å². The Balaban J connectivity index is 3.63. The van der Waals surface area contributed by atoms with Gasteiger partial charge in [0.1, 0.15) is 0 Å². The summed E-state index contributed by atoms with van der Waals surface area (Å²) in [6.45, 7) is 0. The second kappa shape index (κ2) is 3.27. The Morgan fingerprint density at radius 1 is 0.667 bits per heavy atom. The summed E-state index contributed by atoms with van der Waals surface area (Å²) in [5.74, 6) is 14.9. The van der Waals surface area contributed by atoms with Gasteiger partial charge in [-0.1, -0.05) is 0 Å². The fraction of sp³-hybridized carbons (Fsp3) is 0. The Morgan fingerprint density at radius 3 is 1.08 bits per heavy atom. The standard InChI is InChI=1S/C3H9N9/c4-10-1-7-2(11-5)9-3(8-1)12-6/h4-6H2,(H3,7,8,9,10,11,12). The van der Waals surface area contributed by atoms with Gasteiger partial charge < -0.3 is 17.5 Å². The number of rotatable bonds is 0. The van der Waals surface area contributed by atoms with E-state index in [9.17, 15) is 0 Å². The smallest absolute Gasteiger partial charge is 0.227 e. The second-order valence-electron chi connectivity index (χ2n) is 1.81. The molecule has 9 heteroatoms. The molecule has 1 rings (SSSR count). The lowest BCUT2D eigenvalue weighted by Gasteiger charge is -1.89. The zero-order valence-electron chi connectivity index (χ0n) is 6.07. The third-order valence-electron chi connectivity index (χ3n) is 1.10. The Kier molecular flexibility index (Phi) is 2.16. The zero-order chi connectivity index (χ0) is 8.97. The Bertz CT molecular complexity index is 338. The molecule has 0 saturated heterocycles. The summed E-state index contributed by atoms with van der Waals surface area (Å²) in [6, 6.07) is 0. The topological polar surface area (TPSA) is 163 Å². The SMILES string of the molecule is NN=c1[nH]c(=NN)[nH]c(=NN)[nH]1. The highest BCUT2D eigenvalue weighted by Gasteiger charge is 1.83. The van der Waals surface area contributed by atoms with Crippen molar-refractivity contribution in [3.8, 4) is 0 Å². The van der Waals surface area contributed by atoms with Gasteiger partial charge in [-0.05, 0) is 0 Å². The zero-order valence-corrected chi connectivity index (χ0v) is 6.07. The van der Waals surface area contributed by atoms with Crippen molar-refractivity contribution in [3.63, 3.8) is 0 Å². The van der Waals surface area contributed by atoms with Crippen LogP contribution in [0, 0.1) is 0 Å². The van der Waals surface area contributed by atoms with Crippen LogP contribution in [0.5, 0.6) is 0 Å². The maximum Gasteiger partial charge on any atom is 0.227 e. The monoisotopic (exact) mass is 171 g/mol. The molecule has 0 saturated carbocycles. The quantitative estimate of drug-likeness (QED) is 0.173. The largest absolute Gasteiger partial charge is 0.320 e. The Hall–Kier alpha value is -2.19. The van der Waals surface area contributed by atoms with Gasteiger partial charge in [-0.2, -0.15) is 0 Å². The lowest BCUT2D eigenvalue weighted by molar-refractivity contribution is 0.770. The van der Waals surface area contributed by atoms with Crippen molar-refractivity contribution in [2.45, 2.75) is 0 Å². The molecule has 9 N–H and O–H groups in total. The summed E-state index contributed by atoms with van der Waals surface area (Å²) < 4.78 is 0. The van der Waals surface area contributed by atoms with E-state index in [0.29, 0.717) is 0 Å². The molecular weight excluding hydrogens is 162 g/mol. The summed E-state index contributed by atoms with van der Waals surface area (Å²) in [5.41, 5.74) is 0.756. The molecule has 0 aliphatic rings. The molecule has 0 aromatic carbocycles. The van der Waals surface area contributed by atoms with Crippen molar-refractivity contribution in [1.29, 1.82) is 0 Å². The van der Waals surface area contributed by atoms with Gasteiger partial charge in [-0.3, -0.25) is 15.0 Å². The predicted molar refractivity (Wildman–Crippen MR) is 38.7 cm³/mol. The highest BCUT2D eigenvalue weighted by atomic mass is 15.3. The molecule has 0 unspecified atom stereocenters. The molecule has 12 heavy (non-hydrogen) atoms. The van der Waals surface area contributed by atoms with Crippen LogP contribution in [0.1, 0.15) is 0 Å². The highest BCUT2D eigenvalue weighted by molar-refractivity contribution is 4.57. The van der Waals surface area contributed by atoms with Crippen LogP contribution in [-0.4, -0.2) is 15.0 Å². The maximum absolute atomic E-state index is 4.98. The van der Waals surface area contributed by atoms with Crippen molar-refractivity contribution in [1.82, 2.24) is 15.0 Å². The van der Waals surface area contributed by atoms with Gasteiger partial charge in [0.15, 0.2) is 0 Å². The van der Waals surface area contributed by atoms with Crippen LogP contribution in [0.2, 0.25) is 0 Å². The summed E-state index contributed by atoms with van der Waals surface area (Å²) in [7, 11) is 0. The molecular formula is C3H9N9. The lowest BCUT2D eigenvalue weighted by Crippen LogP contribution is -2.38. The first kappa shape index (κ1) is 7.91. The van der Waals surface area contributed by atoms with Gasteiger partial charge in [0, 0.05) is 0 Å². The van der Waals surface area contributed by atoms with Gasteiger partial charge >= 0.3 is 0 Å². The molecule has 9 nitrogen and oxygen atoms in total. The minimum atomic E-state index is 0.252. The fourth-order valence-corrected chi connectivity index (χ4v) is 0.624. The van der Waals surface area contributed by atoms with E-state index in [1.165, 1.54) is 0 Å². The molecule has 1 aromatic rings. The third kappa shape index (κ3) is 1.45. The van der Waals surface area contributed by atoms with E-state index in [1.807, 2.05) is 0 Å². The summed E-state index contributed by atoms with van der Waals surface area (Å²) >= 11 is 0. The van der Waals surface area contributed by atoms with Crippen LogP contribution >= 0.6 is 0 Å². The summed E-state index contributed by atoms with van der Waals surface area (Å²) in [4.78, 5) is 7.83. The van der Waals surface area contributed by atoms with Crippen LogP contribution in [0.25, 0.3) is 0 Å². The normalized spacial score (nSPS) is 9.00. The van der Waals surface area contributed by atoms with Crippen molar-refractivity contribution in [2.75, 3.05) is 0 Å². The molecule has 66 valence electrons. The van der Waals surface area contributed by atoms with Gasteiger partial charge in [0.05, 0.1) is 0 Å². The Labute approximate surface area is 65.7 Å². The molecule has 0 atom stereocenters. The van der Waals surface area contributed by atoms with Gasteiger partial charge in [-0.25, -0.2) is 0 Å². The second-order valence-corrected chi connectivity index (χ2v) is 1.81. The molecule has 0 amide bonds. The number of hydrogen-bond donors (Lipinski definition) is 6. The van der Waals surface area contributed by atoms with Crippen LogP contribution < -0.4 is 34.4 Å². The van der Waals surface area contributed by atoms with E-state index >= 15 is 0 Å². The van der Waals surface area contributed by atoms with Crippen LogP contribution in [0.4, 0.5) is 0 Å². The minimum absolute atomic E-state index is 0.252. The molecule has 0 spiro atoms. The molecule has 0 aliphatic heterocycles. The lowest BCUT2D eigenvalue weighted by atomic mass is 11.0. The van der Waals surface area contributed by atoms with Gasteiger partial charge in [-0.15, -0.1) is 15.3 Å². The van der Waals surface area contributed by atoms with Crippen LogP contribution in [-0.2, 0) is 0 Å². The van der Waals surface area contributed by atoms with Crippen molar-refractivity contribution >= 4 is 0 Å². The first-order chi connectivity index (χ1) is 5.80. The van der Waals surface area contributed by atoms with Crippen molar-refractivity contribution in [2.24, 2.45) is 32.8 Å². The van der Waals surface area contributed by atoms with Crippen LogP contribution in [0.15, 0.2) is 15.3 Å². The molecule has 1 heterocycles. The molecule has 0 aliphatic carbocycles. The number of H-pyrrole nitrogens is 3. The van der Waals surface area contributed by atoms with Crippen LogP contribution in [0.3, 0.4) is 0 Å². The minimum Gasteiger partial charge on any atom is -0.320 e. The van der Waals surface area contributed by atoms with E-state index in [-0.39, 0.29) is 16.9 Å². The van der Waals surface area contributed by atoms with E-state index in [0.717, 1.165) is 0 Å². The Morgan fingerprint density at radius 2 is 0.917 bits per heavy atom. The number of aromatic nitrogens is 3. The maximum atomic E-state index is 4.98. The molecule has 0 bridgehead atoms. The molecule has 1 aromatic heterocycles. The first-order valence-corrected chi connectivity index (χ1v) is 2.95. The first-order valence-electron chi connectivity index (χ1n) is 2.95. The van der Waals surface area contributed by atoms with Crippen molar-refractivity contribution < 1.29 is 0 Å². The third-order valence-corrected chi connectivity index (χ3v) is 1.10. The average molecular weight is 171 g/mol. The van der Waals surface area contributed by atoms with E-state index in [1.54, 1.807) is 0 Å². The number of nitrogens with zero attached hydrogens (tertiary/aromatic N) is 3. The summed E-state index contributed by atoms with van der Waals surface area (Å²) in [5, 5.41) is 9.98. The average Bonchev–Trinajstić information content (AvgIpc) is 2.16. The number of aromatic amines is 3. The number of nitrogens with one attached hydrogen (secondary N) is 3. The predicted octanol–water partition coefficient (Wildman–Crippen LogP) is -4.01. The van der Waals surface area contributed by atoms with Gasteiger partial charge in [0.2, 0.25) is 16.9 Å². The highest BCUT2D eigenvalue weighted by Crippen LogP contribution is 1.39. The fourth-order valence-electron chi connectivity index (χ4n) is 0.624. The molecule has 0 fully saturated rings. The number of nitrogens with two attached hydrogens (primary N) is 3. The van der Waals surface area contributed by atoms with Crippen molar-refractivity contribution in [3.05, 3.63) is 16.9 Å².